The number of ether oxygens (including phenoxy) is 3. The van der Waals surface area contributed by atoms with Crippen molar-refractivity contribution in [1.29, 1.82) is 0 Å². The molecule has 5 nitrogen and oxygen atoms in total. The van der Waals surface area contributed by atoms with E-state index in [1.54, 1.807) is 0 Å². The van der Waals surface area contributed by atoms with Crippen molar-refractivity contribution in [2.24, 2.45) is 11.8 Å². The Morgan fingerprint density at radius 2 is 2.29 bits per heavy atom. The van der Waals surface area contributed by atoms with E-state index in [0.717, 1.165) is 0 Å². The number of hydrogen-bond acceptors (Lipinski definition) is 5. The van der Waals surface area contributed by atoms with E-state index in [9.17, 15) is 9.90 Å². The van der Waals surface area contributed by atoms with Crippen molar-refractivity contribution in [3.05, 3.63) is 11.8 Å². The summed E-state index contributed by atoms with van der Waals surface area (Å²) in [7, 11) is 1.49. The van der Waals surface area contributed by atoms with Crippen LogP contribution in [0, 0.1) is 11.8 Å². The van der Waals surface area contributed by atoms with Crippen LogP contribution in [-0.4, -0.2) is 30.8 Å². The third kappa shape index (κ3) is 1.29. The number of fused-ring (bicyclic) bond motifs is 1. The van der Waals surface area contributed by atoms with Gasteiger partial charge in [0.25, 0.3) is 0 Å². The van der Waals surface area contributed by atoms with E-state index in [-0.39, 0.29) is 11.8 Å². The highest BCUT2D eigenvalue weighted by Crippen LogP contribution is 2.39. The third-order valence-corrected chi connectivity index (χ3v) is 2.64. The maximum Gasteiger partial charge on any atom is 0.336 e. The van der Waals surface area contributed by atoms with Gasteiger partial charge in [0, 0.05) is 5.92 Å². The molecule has 5 heteroatoms. The molecule has 2 aliphatic rings. The largest absolute Gasteiger partial charge is 0.500 e. The topological polar surface area (TPSA) is 65.0 Å². The minimum absolute atomic E-state index is 0.140. The molecule has 4 atom stereocenters. The first-order chi connectivity index (χ1) is 6.63. The Kier molecular flexibility index (Phi) is 2.20. The monoisotopic (exact) mass is 200 g/mol. The van der Waals surface area contributed by atoms with Gasteiger partial charge in [-0.15, -0.1) is 0 Å². The van der Waals surface area contributed by atoms with E-state index >= 15 is 0 Å². The summed E-state index contributed by atoms with van der Waals surface area (Å²) >= 11 is 0. The first-order valence-corrected chi connectivity index (χ1v) is 4.43. The van der Waals surface area contributed by atoms with Crippen LogP contribution in [0.3, 0.4) is 0 Å². The molecule has 0 aromatic heterocycles. The highest BCUT2D eigenvalue weighted by Gasteiger charge is 2.48. The van der Waals surface area contributed by atoms with Crippen LogP contribution in [0.15, 0.2) is 11.8 Å². The van der Waals surface area contributed by atoms with Crippen molar-refractivity contribution in [1.82, 2.24) is 0 Å². The second kappa shape index (κ2) is 3.25. The molecule has 0 aromatic rings. The number of esters is 1. The smallest absolute Gasteiger partial charge is 0.336 e. The standard InChI is InChI=1S/C9H12O5/c1-4-7-5(12-2)3-6(10)13-9(7)14-8(4)11/h3-4,7-9,11H,1-2H3/t4-,7-,8+,9-/m0/s1. The van der Waals surface area contributed by atoms with Crippen molar-refractivity contribution in [3.63, 3.8) is 0 Å². The summed E-state index contributed by atoms with van der Waals surface area (Å²) in [6.07, 6.45) is -0.333. The molecule has 0 aliphatic carbocycles. The van der Waals surface area contributed by atoms with Crippen molar-refractivity contribution in [2.45, 2.75) is 19.5 Å². The Morgan fingerprint density at radius 1 is 1.57 bits per heavy atom. The number of rotatable bonds is 1. The molecular formula is C9H12O5. The zero-order valence-electron chi connectivity index (χ0n) is 7.97. The summed E-state index contributed by atoms with van der Waals surface area (Å²) in [6.45, 7) is 1.82. The van der Waals surface area contributed by atoms with Gasteiger partial charge in [0.15, 0.2) is 6.29 Å². The number of aliphatic hydroxyl groups is 1. The van der Waals surface area contributed by atoms with E-state index in [1.807, 2.05) is 6.92 Å². The quantitative estimate of drug-likeness (QED) is 0.603. The van der Waals surface area contributed by atoms with Gasteiger partial charge in [-0.2, -0.15) is 0 Å². The zero-order valence-corrected chi connectivity index (χ0v) is 7.97. The van der Waals surface area contributed by atoms with Gasteiger partial charge < -0.3 is 19.3 Å². The van der Waals surface area contributed by atoms with Crippen LogP contribution in [0.5, 0.6) is 0 Å². The highest BCUT2D eigenvalue weighted by atomic mass is 16.7. The van der Waals surface area contributed by atoms with Crippen LogP contribution in [0.25, 0.3) is 0 Å². The minimum Gasteiger partial charge on any atom is -0.500 e. The van der Waals surface area contributed by atoms with Crippen LogP contribution < -0.4 is 0 Å². The lowest BCUT2D eigenvalue weighted by molar-refractivity contribution is -0.202. The molecule has 2 aliphatic heterocycles. The van der Waals surface area contributed by atoms with Crippen molar-refractivity contribution >= 4 is 5.97 Å². The minimum atomic E-state index is -0.908. The molecule has 0 radical (unpaired) electrons. The van der Waals surface area contributed by atoms with Gasteiger partial charge in [0.2, 0.25) is 6.29 Å². The van der Waals surface area contributed by atoms with E-state index in [2.05, 4.69) is 0 Å². The number of methoxy groups -OCH3 is 1. The first kappa shape index (κ1) is 9.48. The molecule has 0 aromatic carbocycles. The van der Waals surface area contributed by atoms with Crippen molar-refractivity contribution < 1.29 is 24.1 Å². The van der Waals surface area contributed by atoms with Gasteiger partial charge in [0.1, 0.15) is 5.76 Å². The maximum absolute atomic E-state index is 11.0. The van der Waals surface area contributed by atoms with E-state index in [1.165, 1.54) is 13.2 Å². The van der Waals surface area contributed by atoms with Crippen LogP contribution >= 0.6 is 0 Å². The summed E-state index contributed by atoms with van der Waals surface area (Å²) in [6, 6.07) is 0. The molecule has 1 fully saturated rings. The molecular weight excluding hydrogens is 188 g/mol. The molecule has 0 unspecified atom stereocenters. The third-order valence-electron chi connectivity index (χ3n) is 2.64. The average molecular weight is 200 g/mol. The Balaban J connectivity index is 2.29. The van der Waals surface area contributed by atoms with Crippen molar-refractivity contribution in [2.75, 3.05) is 7.11 Å². The maximum atomic E-state index is 11.0. The predicted molar refractivity (Wildman–Crippen MR) is 44.7 cm³/mol. The Hall–Kier alpha value is -1.07. The summed E-state index contributed by atoms with van der Waals surface area (Å²) in [5.74, 6) is -0.327. The molecule has 2 rings (SSSR count). The highest BCUT2D eigenvalue weighted by molar-refractivity contribution is 5.83. The van der Waals surface area contributed by atoms with Crippen molar-refractivity contribution in [3.8, 4) is 0 Å². The lowest BCUT2D eigenvalue weighted by Crippen LogP contribution is -2.31. The van der Waals surface area contributed by atoms with Gasteiger partial charge in [-0.1, -0.05) is 6.92 Å². The van der Waals surface area contributed by atoms with Crippen LogP contribution in [-0.2, 0) is 19.0 Å². The Labute approximate surface area is 81.3 Å². The van der Waals surface area contributed by atoms with E-state index in [4.69, 9.17) is 14.2 Å². The fourth-order valence-electron chi connectivity index (χ4n) is 1.82. The van der Waals surface area contributed by atoms with Gasteiger partial charge in [-0.3, -0.25) is 0 Å². The van der Waals surface area contributed by atoms with Gasteiger partial charge in [-0.05, 0) is 0 Å². The summed E-state index contributed by atoms with van der Waals surface area (Å²) in [4.78, 5) is 11.0. The predicted octanol–water partition coefficient (Wildman–Crippen LogP) is 0.000500. The van der Waals surface area contributed by atoms with Crippen LogP contribution in [0.4, 0.5) is 0 Å². The number of aliphatic hydroxyl groups excluding tert-OH is 1. The Morgan fingerprint density at radius 3 is 2.93 bits per heavy atom. The molecule has 14 heavy (non-hydrogen) atoms. The molecule has 1 N–H and O–H groups in total. The number of carbonyl (C=O) groups is 1. The molecule has 1 saturated heterocycles. The number of carbonyl (C=O) groups excluding carboxylic acids is 1. The van der Waals surface area contributed by atoms with Crippen LogP contribution in [0.1, 0.15) is 6.92 Å². The molecule has 78 valence electrons. The zero-order chi connectivity index (χ0) is 10.3. The fourth-order valence-corrected chi connectivity index (χ4v) is 1.82. The molecule has 0 spiro atoms. The summed E-state index contributed by atoms with van der Waals surface area (Å²) in [5, 5.41) is 9.43. The fraction of sp³-hybridized carbons (Fsp3) is 0.667. The molecule has 2 heterocycles. The van der Waals surface area contributed by atoms with Gasteiger partial charge in [0.05, 0.1) is 19.1 Å². The average Bonchev–Trinajstić information content (AvgIpc) is 2.41. The normalized spacial score (nSPS) is 41.4. The summed E-state index contributed by atoms with van der Waals surface area (Å²) in [5.41, 5.74) is 0. The lowest BCUT2D eigenvalue weighted by Gasteiger charge is -2.25. The summed E-state index contributed by atoms with van der Waals surface area (Å²) < 4.78 is 15.0. The lowest BCUT2D eigenvalue weighted by atomic mass is 9.92. The SMILES string of the molecule is COC1=CC(=O)O[C@H]2O[C@@H](O)[C@@H](C)[C@@H]12. The van der Waals surface area contributed by atoms with E-state index in [0.29, 0.717) is 5.76 Å². The van der Waals surface area contributed by atoms with E-state index < -0.39 is 18.5 Å². The number of hydrogen-bond donors (Lipinski definition) is 1. The molecule has 0 amide bonds. The van der Waals surface area contributed by atoms with Crippen LogP contribution in [0.2, 0.25) is 0 Å². The Bertz CT molecular complexity index is 285. The molecule has 0 saturated carbocycles. The first-order valence-electron chi connectivity index (χ1n) is 4.43. The molecule has 0 bridgehead atoms. The van der Waals surface area contributed by atoms with Gasteiger partial charge >= 0.3 is 5.97 Å². The van der Waals surface area contributed by atoms with Gasteiger partial charge in [-0.25, -0.2) is 4.79 Å². The second-order valence-corrected chi connectivity index (χ2v) is 3.47. The second-order valence-electron chi connectivity index (χ2n) is 3.47.